The van der Waals surface area contributed by atoms with Crippen molar-refractivity contribution in [2.45, 2.75) is 24.2 Å². The number of fused-ring (bicyclic) bond motifs is 1. The van der Waals surface area contributed by atoms with E-state index in [4.69, 9.17) is 9.47 Å². The highest BCUT2D eigenvalue weighted by Gasteiger charge is 2.32. The number of nitrogens with one attached hydrogen (secondary N) is 1. The van der Waals surface area contributed by atoms with Crippen molar-refractivity contribution in [3.63, 3.8) is 0 Å². The third kappa shape index (κ3) is 4.64. The highest BCUT2D eigenvalue weighted by atomic mass is 32.2. The van der Waals surface area contributed by atoms with E-state index in [2.05, 4.69) is 5.32 Å². The monoisotopic (exact) mass is 452 g/mol. The smallest absolute Gasteiger partial charge is 0.243 e. The van der Waals surface area contributed by atoms with Gasteiger partial charge >= 0.3 is 0 Å². The maximum atomic E-state index is 13.5. The van der Waals surface area contributed by atoms with Crippen LogP contribution in [0.1, 0.15) is 19.3 Å². The molecular weight excluding hydrogens is 430 g/mol. The molecule has 2 aromatic carbocycles. The summed E-state index contributed by atoms with van der Waals surface area (Å²) >= 11 is 0. The van der Waals surface area contributed by atoms with Gasteiger partial charge in [-0.3, -0.25) is 4.79 Å². The van der Waals surface area contributed by atoms with Crippen molar-refractivity contribution >= 4 is 21.6 Å². The topological polar surface area (TPSA) is 84.9 Å². The summed E-state index contributed by atoms with van der Waals surface area (Å²) in [7, 11) is -3.96. The summed E-state index contributed by atoms with van der Waals surface area (Å²) in [6, 6.07) is 7.69. The molecule has 1 saturated heterocycles. The molecule has 1 amide bonds. The van der Waals surface area contributed by atoms with Crippen molar-refractivity contribution in [2.24, 2.45) is 5.92 Å². The molecule has 0 unspecified atom stereocenters. The summed E-state index contributed by atoms with van der Waals surface area (Å²) in [4.78, 5) is 12.4. The number of hydrogen-bond donors (Lipinski definition) is 1. The molecule has 2 aliphatic heterocycles. The van der Waals surface area contributed by atoms with Crippen LogP contribution >= 0.6 is 0 Å². The normalized spacial score (nSPS) is 17.7. The Hall–Kier alpha value is -2.72. The fraction of sp³-hybridized carbons (Fsp3) is 0.381. The van der Waals surface area contributed by atoms with Crippen molar-refractivity contribution in [2.75, 3.05) is 31.6 Å². The first-order valence-corrected chi connectivity index (χ1v) is 11.4. The molecule has 4 rings (SSSR count). The molecule has 31 heavy (non-hydrogen) atoms. The lowest BCUT2D eigenvalue weighted by molar-refractivity contribution is -0.120. The van der Waals surface area contributed by atoms with Crippen LogP contribution in [-0.4, -0.2) is 44.9 Å². The average Bonchev–Trinajstić information content (AvgIpc) is 3.00. The molecule has 166 valence electrons. The molecule has 1 fully saturated rings. The molecule has 2 aliphatic rings. The molecule has 1 N–H and O–H groups in total. The predicted molar refractivity (Wildman–Crippen MR) is 109 cm³/mol. The zero-order chi connectivity index (χ0) is 22.0. The molecule has 2 aromatic rings. The number of benzene rings is 2. The molecule has 0 radical (unpaired) electrons. The summed E-state index contributed by atoms with van der Waals surface area (Å²) in [6.07, 6.45) is 1.42. The zero-order valence-electron chi connectivity index (χ0n) is 16.6. The van der Waals surface area contributed by atoms with Crippen LogP contribution < -0.4 is 14.8 Å². The maximum Gasteiger partial charge on any atom is 0.243 e. The van der Waals surface area contributed by atoms with Gasteiger partial charge in [0.15, 0.2) is 23.1 Å². The van der Waals surface area contributed by atoms with Gasteiger partial charge in [0.05, 0.1) is 18.1 Å². The minimum atomic E-state index is -3.96. The van der Waals surface area contributed by atoms with Crippen LogP contribution in [0.3, 0.4) is 0 Å². The van der Waals surface area contributed by atoms with Gasteiger partial charge in [0.2, 0.25) is 15.9 Å². The first kappa shape index (κ1) is 21.5. The number of sulfonamides is 1. The third-order valence-corrected chi connectivity index (χ3v) is 7.26. The van der Waals surface area contributed by atoms with E-state index in [1.54, 1.807) is 18.2 Å². The Balaban J connectivity index is 1.38. The summed E-state index contributed by atoms with van der Waals surface area (Å²) < 4.78 is 64.3. The van der Waals surface area contributed by atoms with Gasteiger partial charge in [0.1, 0.15) is 0 Å². The predicted octanol–water partition coefficient (Wildman–Crippen LogP) is 3.17. The molecule has 0 aliphatic carbocycles. The Morgan fingerprint density at radius 1 is 0.968 bits per heavy atom. The summed E-state index contributed by atoms with van der Waals surface area (Å²) in [5, 5.41) is 2.85. The summed E-state index contributed by atoms with van der Waals surface area (Å²) in [5.74, 6) is -1.70. The Bertz CT molecular complexity index is 1090. The van der Waals surface area contributed by atoms with Gasteiger partial charge < -0.3 is 14.8 Å². The van der Waals surface area contributed by atoms with E-state index < -0.39 is 21.7 Å². The van der Waals surface area contributed by atoms with E-state index in [9.17, 15) is 22.0 Å². The van der Waals surface area contributed by atoms with E-state index in [-0.39, 0.29) is 29.8 Å². The van der Waals surface area contributed by atoms with Crippen LogP contribution in [0.15, 0.2) is 41.3 Å². The first-order valence-electron chi connectivity index (χ1n) is 10.0. The number of hydrogen-bond acceptors (Lipinski definition) is 5. The molecule has 0 spiro atoms. The first-order chi connectivity index (χ1) is 14.8. The number of nitrogens with zero attached hydrogens (tertiary/aromatic N) is 1. The standard InChI is InChI=1S/C21H22F2N2O5S/c22-17-4-3-16(13-18(17)23)31(27,28)25-8-6-14(7-9-25)21(26)24-15-2-5-19-20(12-15)30-11-1-10-29-19/h2-5,12-14H,1,6-11H2,(H,24,26). The summed E-state index contributed by atoms with van der Waals surface area (Å²) in [5.41, 5.74) is 0.575. The van der Waals surface area contributed by atoms with Gasteiger partial charge in [-0.15, -0.1) is 0 Å². The number of ether oxygens (including phenoxy) is 2. The van der Waals surface area contributed by atoms with Crippen molar-refractivity contribution in [3.8, 4) is 11.5 Å². The van der Waals surface area contributed by atoms with E-state index in [1.807, 2.05) is 0 Å². The number of amides is 1. The van der Waals surface area contributed by atoms with Gasteiger partial charge in [0, 0.05) is 37.2 Å². The average molecular weight is 452 g/mol. The highest BCUT2D eigenvalue weighted by molar-refractivity contribution is 7.89. The lowest BCUT2D eigenvalue weighted by Gasteiger charge is -2.30. The molecule has 0 bridgehead atoms. The van der Waals surface area contributed by atoms with Gasteiger partial charge in [-0.25, -0.2) is 17.2 Å². The lowest BCUT2D eigenvalue weighted by atomic mass is 9.97. The second-order valence-electron chi connectivity index (χ2n) is 7.46. The third-order valence-electron chi connectivity index (χ3n) is 5.37. The van der Waals surface area contributed by atoms with Crippen molar-refractivity contribution in [1.82, 2.24) is 4.31 Å². The van der Waals surface area contributed by atoms with E-state index in [0.29, 0.717) is 49.3 Å². The molecule has 10 heteroatoms. The fourth-order valence-electron chi connectivity index (χ4n) is 3.63. The van der Waals surface area contributed by atoms with E-state index >= 15 is 0 Å². The Morgan fingerprint density at radius 3 is 2.39 bits per heavy atom. The molecular formula is C21H22F2N2O5S. The summed E-state index contributed by atoms with van der Waals surface area (Å²) in [6.45, 7) is 1.33. The minimum absolute atomic E-state index is 0.112. The maximum absolute atomic E-state index is 13.5. The van der Waals surface area contributed by atoms with Crippen molar-refractivity contribution in [1.29, 1.82) is 0 Å². The minimum Gasteiger partial charge on any atom is -0.490 e. The second kappa shape index (κ2) is 8.80. The van der Waals surface area contributed by atoms with Crippen molar-refractivity contribution < 1.29 is 31.5 Å². The number of halogens is 2. The Labute approximate surface area is 179 Å². The number of rotatable bonds is 4. The number of piperidine rings is 1. The van der Waals surface area contributed by atoms with E-state index in [1.165, 1.54) is 4.31 Å². The lowest BCUT2D eigenvalue weighted by Crippen LogP contribution is -2.41. The number of carbonyl (C=O) groups is 1. The fourth-order valence-corrected chi connectivity index (χ4v) is 5.11. The van der Waals surface area contributed by atoms with Crippen LogP contribution in [-0.2, 0) is 14.8 Å². The molecule has 2 heterocycles. The van der Waals surface area contributed by atoms with Gasteiger partial charge in [-0.2, -0.15) is 4.31 Å². The van der Waals surface area contributed by atoms with Gasteiger partial charge in [-0.1, -0.05) is 0 Å². The largest absolute Gasteiger partial charge is 0.490 e. The molecule has 0 atom stereocenters. The highest BCUT2D eigenvalue weighted by Crippen LogP contribution is 2.33. The van der Waals surface area contributed by atoms with Crippen LogP contribution in [0.25, 0.3) is 0 Å². The van der Waals surface area contributed by atoms with Gasteiger partial charge in [-0.05, 0) is 43.2 Å². The van der Waals surface area contributed by atoms with Crippen LogP contribution in [0.4, 0.5) is 14.5 Å². The van der Waals surface area contributed by atoms with E-state index in [0.717, 1.165) is 18.6 Å². The Morgan fingerprint density at radius 2 is 1.68 bits per heavy atom. The zero-order valence-corrected chi connectivity index (χ0v) is 17.5. The van der Waals surface area contributed by atoms with Crippen LogP contribution in [0, 0.1) is 17.6 Å². The molecule has 0 saturated carbocycles. The molecule has 7 nitrogen and oxygen atoms in total. The van der Waals surface area contributed by atoms with Gasteiger partial charge in [0.25, 0.3) is 0 Å². The number of anilines is 1. The van der Waals surface area contributed by atoms with Crippen molar-refractivity contribution in [3.05, 3.63) is 48.0 Å². The quantitative estimate of drug-likeness (QED) is 0.770. The molecule has 0 aromatic heterocycles. The second-order valence-corrected chi connectivity index (χ2v) is 9.39. The number of carbonyl (C=O) groups excluding carboxylic acids is 1. The SMILES string of the molecule is O=C(Nc1ccc2c(c1)OCCCO2)C1CCN(S(=O)(=O)c2ccc(F)c(F)c2)CC1. The van der Waals surface area contributed by atoms with Crippen LogP contribution in [0.5, 0.6) is 11.5 Å². The van der Waals surface area contributed by atoms with Crippen LogP contribution in [0.2, 0.25) is 0 Å². The Kier molecular flexibility index (Phi) is 6.10.